The van der Waals surface area contributed by atoms with Crippen LogP contribution in [0.1, 0.15) is 10.4 Å². The van der Waals surface area contributed by atoms with Crippen molar-refractivity contribution in [2.45, 2.75) is 0 Å². The smallest absolute Gasteiger partial charge is 0.253 e. The minimum atomic E-state index is 0.0785. The molecule has 5 heteroatoms. The van der Waals surface area contributed by atoms with Crippen LogP contribution in [0.5, 0.6) is 0 Å². The van der Waals surface area contributed by atoms with Crippen molar-refractivity contribution >= 4 is 11.7 Å². The molecule has 4 aromatic rings. The van der Waals surface area contributed by atoms with E-state index in [-0.39, 0.29) is 5.91 Å². The highest BCUT2D eigenvalue weighted by atomic mass is 16.2. The number of carbonyl (C=O) groups is 1. The number of piperazine rings is 1. The van der Waals surface area contributed by atoms with Crippen molar-refractivity contribution in [1.29, 1.82) is 0 Å². The zero-order chi connectivity index (χ0) is 21.8. The fourth-order valence-corrected chi connectivity index (χ4v) is 4.01. The molecule has 1 amide bonds. The molecule has 5 nitrogen and oxygen atoms in total. The molecule has 1 aliphatic rings. The van der Waals surface area contributed by atoms with Gasteiger partial charge in [0.15, 0.2) is 5.82 Å². The monoisotopic (exact) mass is 420 g/mol. The predicted octanol–water partition coefficient (Wildman–Crippen LogP) is 4.77. The van der Waals surface area contributed by atoms with E-state index in [2.05, 4.69) is 27.2 Å². The number of aromatic nitrogens is 2. The van der Waals surface area contributed by atoms with Crippen molar-refractivity contribution in [2.75, 3.05) is 31.1 Å². The van der Waals surface area contributed by atoms with Crippen molar-refractivity contribution in [3.8, 4) is 22.4 Å². The van der Waals surface area contributed by atoms with Crippen molar-refractivity contribution in [3.05, 3.63) is 103 Å². The molecular formula is C27H24N4O. The Labute approximate surface area is 188 Å². The van der Waals surface area contributed by atoms with Gasteiger partial charge in [0.05, 0.1) is 5.69 Å². The van der Waals surface area contributed by atoms with Crippen LogP contribution in [0.15, 0.2) is 97.1 Å². The summed E-state index contributed by atoms with van der Waals surface area (Å²) in [6, 6.07) is 32.1. The SMILES string of the molecule is O=C(c1ccc(-c2ccccc2)cc1)N1CCN(c2ccc(-c3ccccc3)nn2)CC1. The first-order chi connectivity index (χ1) is 15.8. The average Bonchev–Trinajstić information content (AvgIpc) is 2.90. The van der Waals surface area contributed by atoms with Crippen LogP contribution in [0.4, 0.5) is 5.82 Å². The lowest BCUT2D eigenvalue weighted by Gasteiger charge is -2.35. The Hall–Kier alpha value is -3.99. The zero-order valence-electron chi connectivity index (χ0n) is 17.8. The highest BCUT2D eigenvalue weighted by Crippen LogP contribution is 2.22. The van der Waals surface area contributed by atoms with Crippen molar-refractivity contribution < 1.29 is 4.79 Å². The van der Waals surface area contributed by atoms with Gasteiger partial charge in [-0.3, -0.25) is 4.79 Å². The summed E-state index contributed by atoms with van der Waals surface area (Å²) in [5, 5.41) is 8.80. The molecule has 2 heterocycles. The molecule has 0 bridgehead atoms. The summed E-state index contributed by atoms with van der Waals surface area (Å²) in [6.45, 7) is 2.82. The third-order valence-corrected chi connectivity index (χ3v) is 5.85. The second-order valence-electron chi connectivity index (χ2n) is 7.87. The van der Waals surface area contributed by atoms with E-state index in [4.69, 9.17) is 0 Å². The number of nitrogens with zero attached hydrogens (tertiary/aromatic N) is 4. The molecule has 0 saturated carbocycles. The molecule has 158 valence electrons. The minimum absolute atomic E-state index is 0.0785. The quantitative estimate of drug-likeness (QED) is 0.477. The van der Waals surface area contributed by atoms with E-state index in [1.807, 2.05) is 89.8 Å². The second kappa shape index (κ2) is 9.02. The first-order valence-electron chi connectivity index (χ1n) is 10.9. The number of benzene rings is 3. The molecule has 5 rings (SSSR count). The summed E-state index contributed by atoms with van der Waals surface area (Å²) in [4.78, 5) is 17.1. The first-order valence-corrected chi connectivity index (χ1v) is 10.9. The lowest BCUT2D eigenvalue weighted by molar-refractivity contribution is 0.0746. The summed E-state index contributed by atoms with van der Waals surface area (Å²) < 4.78 is 0. The Morgan fingerprint density at radius 2 is 1.19 bits per heavy atom. The number of amides is 1. The molecule has 1 saturated heterocycles. The van der Waals surface area contributed by atoms with Crippen LogP contribution < -0.4 is 4.90 Å². The Kier molecular flexibility index (Phi) is 5.62. The number of hydrogen-bond acceptors (Lipinski definition) is 4. The Balaban J connectivity index is 1.20. The van der Waals surface area contributed by atoms with Gasteiger partial charge in [-0.2, -0.15) is 0 Å². The topological polar surface area (TPSA) is 49.3 Å². The van der Waals surface area contributed by atoms with Crippen LogP contribution in [0.25, 0.3) is 22.4 Å². The highest BCUT2D eigenvalue weighted by molar-refractivity contribution is 5.95. The van der Waals surface area contributed by atoms with Crippen LogP contribution >= 0.6 is 0 Å². The van der Waals surface area contributed by atoms with Gasteiger partial charge in [-0.15, -0.1) is 10.2 Å². The van der Waals surface area contributed by atoms with Gasteiger partial charge in [0, 0.05) is 37.3 Å². The fourth-order valence-electron chi connectivity index (χ4n) is 4.01. The molecule has 1 fully saturated rings. The zero-order valence-corrected chi connectivity index (χ0v) is 17.8. The van der Waals surface area contributed by atoms with E-state index < -0.39 is 0 Å². The van der Waals surface area contributed by atoms with E-state index in [1.54, 1.807) is 0 Å². The number of carbonyl (C=O) groups excluding carboxylic acids is 1. The van der Waals surface area contributed by atoms with Gasteiger partial charge < -0.3 is 9.80 Å². The first kappa shape index (κ1) is 19.9. The lowest BCUT2D eigenvalue weighted by Crippen LogP contribution is -2.49. The molecule has 0 radical (unpaired) electrons. The van der Waals surface area contributed by atoms with Gasteiger partial charge in [0.2, 0.25) is 0 Å². The van der Waals surface area contributed by atoms with Crippen LogP contribution in [-0.2, 0) is 0 Å². The van der Waals surface area contributed by atoms with Crippen molar-refractivity contribution in [3.63, 3.8) is 0 Å². The van der Waals surface area contributed by atoms with Crippen LogP contribution in [0.2, 0.25) is 0 Å². The Morgan fingerprint density at radius 1 is 0.594 bits per heavy atom. The molecule has 32 heavy (non-hydrogen) atoms. The van der Waals surface area contributed by atoms with Crippen LogP contribution in [-0.4, -0.2) is 47.2 Å². The number of hydrogen-bond donors (Lipinski definition) is 0. The average molecular weight is 421 g/mol. The minimum Gasteiger partial charge on any atom is -0.352 e. The molecule has 0 atom stereocenters. The summed E-state index contributed by atoms with van der Waals surface area (Å²) in [5.41, 5.74) is 4.91. The third kappa shape index (κ3) is 4.23. The van der Waals surface area contributed by atoms with Gasteiger partial charge in [-0.1, -0.05) is 72.8 Å². The van der Waals surface area contributed by atoms with Gasteiger partial charge in [-0.25, -0.2) is 0 Å². The second-order valence-corrected chi connectivity index (χ2v) is 7.87. The van der Waals surface area contributed by atoms with Gasteiger partial charge in [-0.05, 0) is 35.4 Å². The maximum Gasteiger partial charge on any atom is 0.253 e. The van der Waals surface area contributed by atoms with Gasteiger partial charge in [0.25, 0.3) is 5.91 Å². The van der Waals surface area contributed by atoms with Gasteiger partial charge >= 0.3 is 0 Å². The summed E-state index contributed by atoms with van der Waals surface area (Å²) in [5.74, 6) is 0.929. The molecule has 0 unspecified atom stereocenters. The number of anilines is 1. The van der Waals surface area contributed by atoms with E-state index in [0.717, 1.165) is 46.9 Å². The maximum atomic E-state index is 13.0. The van der Waals surface area contributed by atoms with Crippen LogP contribution in [0, 0.1) is 0 Å². The molecular weight excluding hydrogens is 396 g/mol. The summed E-state index contributed by atoms with van der Waals surface area (Å²) in [7, 11) is 0. The van der Waals surface area contributed by atoms with Crippen molar-refractivity contribution in [2.24, 2.45) is 0 Å². The van der Waals surface area contributed by atoms with Gasteiger partial charge in [0.1, 0.15) is 0 Å². The molecule has 1 aliphatic heterocycles. The van der Waals surface area contributed by atoms with E-state index in [9.17, 15) is 4.79 Å². The highest BCUT2D eigenvalue weighted by Gasteiger charge is 2.23. The van der Waals surface area contributed by atoms with E-state index in [1.165, 1.54) is 0 Å². The Bertz CT molecular complexity index is 1170. The third-order valence-electron chi connectivity index (χ3n) is 5.85. The van der Waals surface area contributed by atoms with Crippen LogP contribution in [0.3, 0.4) is 0 Å². The van der Waals surface area contributed by atoms with Crippen molar-refractivity contribution in [1.82, 2.24) is 15.1 Å². The molecule has 0 aliphatic carbocycles. The molecule has 0 N–H and O–H groups in total. The standard InChI is InChI=1S/C27H24N4O/c32-27(24-13-11-22(12-14-24)21-7-3-1-4-8-21)31-19-17-30(18-20-31)26-16-15-25(28-29-26)23-9-5-2-6-10-23/h1-16H,17-20H2. The maximum absolute atomic E-state index is 13.0. The molecule has 0 spiro atoms. The predicted molar refractivity (Wildman–Crippen MR) is 127 cm³/mol. The molecule has 1 aromatic heterocycles. The van der Waals surface area contributed by atoms with E-state index in [0.29, 0.717) is 13.1 Å². The fraction of sp³-hybridized carbons (Fsp3) is 0.148. The number of rotatable bonds is 4. The largest absolute Gasteiger partial charge is 0.352 e. The summed E-state index contributed by atoms with van der Waals surface area (Å²) in [6.07, 6.45) is 0. The molecule has 3 aromatic carbocycles. The lowest BCUT2D eigenvalue weighted by atomic mass is 10.0. The summed E-state index contributed by atoms with van der Waals surface area (Å²) >= 11 is 0. The van der Waals surface area contributed by atoms with E-state index >= 15 is 0 Å². The Morgan fingerprint density at radius 3 is 1.78 bits per heavy atom. The normalized spacial score (nSPS) is 13.8.